The average Bonchev–Trinajstić information content (AvgIpc) is 3.20. The number of nitrogens with one attached hydrogen (secondary N) is 2. The summed E-state index contributed by atoms with van der Waals surface area (Å²) in [6.07, 6.45) is -2.17. The molecule has 0 spiro atoms. The number of carboxylic acids is 2. The van der Waals surface area contributed by atoms with E-state index in [4.69, 9.17) is 10.2 Å². The first kappa shape index (κ1) is 44.5. The summed E-state index contributed by atoms with van der Waals surface area (Å²) < 4.78 is 120. The summed E-state index contributed by atoms with van der Waals surface area (Å²) in [5.74, 6) is -4.00. The molecule has 0 atom stereocenters. The quantitative estimate of drug-likeness (QED) is 0.0787. The van der Waals surface area contributed by atoms with Crippen LogP contribution in [-0.2, 0) is 51.9 Å². The topological polar surface area (TPSA) is 167 Å². The van der Waals surface area contributed by atoms with Gasteiger partial charge in [-0.15, -0.1) is 0 Å². The molecule has 0 unspecified atom stereocenters. The van der Waals surface area contributed by atoms with Crippen LogP contribution in [-0.4, -0.2) is 39.0 Å². The minimum atomic E-state index is -4.79. The lowest BCUT2D eigenvalue weighted by atomic mass is 10.0. The molecule has 0 amide bonds. The van der Waals surface area contributed by atoms with Crippen molar-refractivity contribution in [2.45, 2.75) is 41.7 Å². The molecule has 6 aromatic rings. The van der Waals surface area contributed by atoms with Crippen molar-refractivity contribution in [3.8, 4) is 0 Å². The zero-order valence-corrected chi connectivity index (χ0v) is 32.8. The molecule has 0 aliphatic heterocycles. The molecule has 0 saturated heterocycles. The first-order valence-corrected chi connectivity index (χ1v) is 20.8. The van der Waals surface area contributed by atoms with E-state index < -0.39 is 65.2 Å². The van der Waals surface area contributed by atoms with Crippen molar-refractivity contribution in [2.24, 2.45) is 0 Å². The van der Waals surface area contributed by atoms with Crippen LogP contribution in [0.25, 0.3) is 0 Å². The molecule has 60 heavy (non-hydrogen) atoms. The Bertz CT molecular complexity index is 2680. The Hall–Kier alpha value is -6.59. The zero-order chi connectivity index (χ0) is 43.7. The first-order valence-electron chi connectivity index (χ1n) is 17.8. The number of hydrogen-bond donors (Lipinski definition) is 4. The Kier molecular flexibility index (Phi) is 14.1. The number of hydrogen-bond acceptors (Lipinski definition) is 6. The van der Waals surface area contributed by atoms with E-state index in [1.807, 2.05) is 0 Å². The number of sulfonamides is 2. The van der Waals surface area contributed by atoms with E-state index in [1.54, 1.807) is 72.8 Å². The Morgan fingerprint density at radius 3 is 1.23 bits per heavy atom. The molecule has 17 heteroatoms. The third kappa shape index (κ3) is 12.2. The van der Waals surface area contributed by atoms with Crippen LogP contribution < -0.4 is 9.44 Å². The molecule has 0 saturated carbocycles. The third-order valence-corrected chi connectivity index (χ3v) is 11.7. The van der Waals surface area contributed by atoms with E-state index in [2.05, 4.69) is 9.44 Å². The number of benzene rings is 6. The van der Waals surface area contributed by atoms with Gasteiger partial charge < -0.3 is 10.2 Å². The van der Waals surface area contributed by atoms with Gasteiger partial charge in [-0.25, -0.2) is 35.2 Å². The third-order valence-electron chi connectivity index (χ3n) is 8.88. The Morgan fingerprint density at radius 1 is 0.500 bits per heavy atom. The van der Waals surface area contributed by atoms with Crippen LogP contribution in [0.2, 0.25) is 0 Å². The number of aryl methyl sites for hydroxylation is 4. The predicted octanol–water partition coefficient (Wildman–Crippen LogP) is 9.24. The van der Waals surface area contributed by atoms with Crippen LogP contribution in [0.4, 0.5) is 33.3 Å². The highest BCUT2D eigenvalue weighted by Crippen LogP contribution is 2.34. The van der Waals surface area contributed by atoms with Crippen molar-refractivity contribution < 1.29 is 58.6 Å². The number of carboxylic acid groups (broad SMARTS) is 2. The number of carbonyl (C=O) groups is 2. The van der Waals surface area contributed by atoms with Gasteiger partial charge in [0, 0.05) is 17.4 Å². The second kappa shape index (κ2) is 19.0. The molecular weight excluding hydrogens is 832 g/mol. The summed E-state index contributed by atoms with van der Waals surface area (Å²) in [5.41, 5.74) is 3.35. The van der Waals surface area contributed by atoms with Crippen molar-refractivity contribution in [1.29, 1.82) is 0 Å². The fourth-order valence-corrected chi connectivity index (χ4v) is 8.14. The maximum atomic E-state index is 13.8. The van der Waals surface area contributed by atoms with E-state index in [-0.39, 0.29) is 22.5 Å². The average molecular weight is 867 g/mol. The minimum Gasteiger partial charge on any atom is -0.478 e. The van der Waals surface area contributed by atoms with Gasteiger partial charge in [0.25, 0.3) is 20.0 Å². The molecular formula is C43H35F5N2O8S2. The van der Waals surface area contributed by atoms with E-state index in [9.17, 15) is 48.4 Å². The summed E-state index contributed by atoms with van der Waals surface area (Å²) in [4.78, 5) is 20.3. The van der Waals surface area contributed by atoms with Crippen molar-refractivity contribution >= 4 is 43.4 Å². The van der Waals surface area contributed by atoms with Crippen LogP contribution in [0.5, 0.6) is 0 Å². The second-order valence-corrected chi connectivity index (χ2v) is 16.5. The molecule has 4 N–H and O–H groups in total. The smallest absolute Gasteiger partial charge is 0.417 e. The maximum Gasteiger partial charge on any atom is 0.417 e. The fourth-order valence-electron chi connectivity index (χ4n) is 5.73. The maximum absolute atomic E-state index is 13.8. The molecule has 0 radical (unpaired) electrons. The first-order chi connectivity index (χ1) is 28.3. The highest BCUT2D eigenvalue weighted by atomic mass is 32.2. The van der Waals surface area contributed by atoms with E-state index in [0.717, 1.165) is 52.6 Å². The van der Waals surface area contributed by atoms with Gasteiger partial charge in [-0.2, -0.15) is 13.2 Å². The van der Waals surface area contributed by atoms with Gasteiger partial charge in [-0.05, 0) is 121 Å². The van der Waals surface area contributed by atoms with E-state index in [0.29, 0.717) is 31.7 Å². The zero-order valence-electron chi connectivity index (χ0n) is 31.2. The van der Waals surface area contributed by atoms with Gasteiger partial charge in [0.05, 0.1) is 21.6 Å². The van der Waals surface area contributed by atoms with Crippen LogP contribution >= 0.6 is 0 Å². The lowest BCUT2D eigenvalue weighted by molar-refractivity contribution is -0.139. The minimum absolute atomic E-state index is 0.145. The highest BCUT2D eigenvalue weighted by Gasteiger charge is 2.37. The molecule has 0 aromatic heterocycles. The summed E-state index contributed by atoms with van der Waals surface area (Å²) in [6.45, 7) is 0. The van der Waals surface area contributed by atoms with Gasteiger partial charge in [0.1, 0.15) is 16.5 Å². The van der Waals surface area contributed by atoms with Crippen molar-refractivity contribution in [3.05, 3.63) is 190 Å². The number of anilines is 2. The van der Waals surface area contributed by atoms with Crippen LogP contribution in [0.3, 0.4) is 0 Å². The monoisotopic (exact) mass is 866 g/mol. The number of aromatic carboxylic acids is 2. The molecule has 6 aromatic carbocycles. The summed E-state index contributed by atoms with van der Waals surface area (Å²) >= 11 is 0. The van der Waals surface area contributed by atoms with Gasteiger partial charge in [-0.3, -0.25) is 9.44 Å². The van der Waals surface area contributed by atoms with Crippen molar-refractivity contribution in [3.63, 3.8) is 0 Å². The Balaban J connectivity index is 0.000000228. The van der Waals surface area contributed by atoms with E-state index in [1.165, 1.54) is 30.3 Å². The van der Waals surface area contributed by atoms with Gasteiger partial charge in [0.15, 0.2) is 0 Å². The lowest BCUT2D eigenvalue weighted by Gasteiger charge is -2.14. The summed E-state index contributed by atoms with van der Waals surface area (Å²) in [5, 5.41) is 17.8. The number of rotatable bonds is 14. The predicted molar refractivity (Wildman–Crippen MR) is 214 cm³/mol. The van der Waals surface area contributed by atoms with Crippen LogP contribution in [0.1, 0.15) is 48.5 Å². The van der Waals surface area contributed by atoms with Gasteiger partial charge in [-0.1, -0.05) is 60.7 Å². The number of halogens is 5. The van der Waals surface area contributed by atoms with E-state index >= 15 is 0 Å². The van der Waals surface area contributed by atoms with Gasteiger partial charge in [0.2, 0.25) is 0 Å². The number of alkyl halides is 3. The second-order valence-electron chi connectivity index (χ2n) is 13.2. The Morgan fingerprint density at radius 2 is 0.867 bits per heavy atom. The lowest BCUT2D eigenvalue weighted by Crippen LogP contribution is -2.18. The van der Waals surface area contributed by atoms with Crippen molar-refractivity contribution in [1.82, 2.24) is 0 Å². The summed E-state index contributed by atoms with van der Waals surface area (Å²) in [6, 6.07) is 32.3. The highest BCUT2D eigenvalue weighted by molar-refractivity contribution is 7.93. The molecule has 312 valence electrons. The molecule has 0 bridgehead atoms. The van der Waals surface area contributed by atoms with Crippen LogP contribution in [0.15, 0.2) is 149 Å². The normalized spacial score (nSPS) is 11.6. The molecule has 0 aliphatic carbocycles. The Labute approximate surface area is 342 Å². The molecule has 0 aliphatic rings. The van der Waals surface area contributed by atoms with Crippen LogP contribution in [0, 0.1) is 11.6 Å². The largest absolute Gasteiger partial charge is 0.478 e. The fraction of sp³-hybridized carbons (Fsp3) is 0.116. The van der Waals surface area contributed by atoms with Crippen molar-refractivity contribution in [2.75, 3.05) is 9.44 Å². The SMILES string of the molecule is O=C(O)c1ccc(CCc2ccc(NS(=O)(=O)c3ccc(F)cc3F)cc2)cc1.O=C(O)c1ccc(CCc2ccc(NS(=O)(=O)c3ccccc3C(F)(F)F)cc2)cc1. The standard InChI is InChI=1S/C22H18F3NO4S.C21H17F2NO4S/c23-22(24,25)19-3-1-2-4-20(19)31(29,30)26-18-13-9-16(10-14-18)6-5-15-7-11-17(12-8-15)21(27)28;22-17-9-12-20(19(23)13-17)29(27,28)24-18-10-5-15(6-11-18)2-1-14-3-7-16(8-4-14)21(25)26/h1-4,7-14,26H,5-6H2,(H,27,28);3-13,24H,1-2H2,(H,25,26). The molecule has 6 rings (SSSR count). The van der Waals surface area contributed by atoms with Gasteiger partial charge >= 0.3 is 18.1 Å². The molecule has 0 heterocycles. The summed E-state index contributed by atoms with van der Waals surface area (Å²) in [7, 11) is -8.60. The molecule has 10 nitrogen and oxygen atoms in total. The molecule has 0 fully saturated rings.